The van der Waals surface area contributed by atoms with Crippen LogP contribution in [0.2, 0.25) is 5.02 Å². The number of rotatable bonds is 5. The van der Waals surface area contributed by atoms with Gasteiger partial charge in [0.1, 0.15) is 10.4 Å². The van der Waals surface area contributed by atoms with Crippen molar-refractivity contribution in [3.8, 4) is 11.4 Å². The third kappa shape index (κ3) is 3.85. The maximum atomic E-state index is 12.4. The number of phenolic OH excluding ortho intramolecular Hbond substituents is 1. The first-order chi connectivity index (χ1) is 12.5. The lowest BCUT2D eigenvalue weighted by Crippen LogP contribution is -2.10. The third-order valence-electron chi connectivity index (χ3n) is 4.01. The van der Waals surface area contributed by atoms with E-state index in [9.17, 15) is 15.0 Å². The van der Waals surface area contributed by atoms with E-state index in [4.69, 9.17) is 23.8 Å². The monoisotopic (exact) mass is 385 g/mol. The van der Waals surface area contributed by atoms with Crippen molar-refractivity contribution in [1.29, 1.82) is 0 Å². The first kappa shape index (κ1) is 18.3. The Bertz CT molecular complexity index is 1000. The van der Waals surface area contributed by atoms with Gasteiger partial charge >= 0.3 is 0 Å². The zero-order valence-corrected chi connectivity index (χ0v) is 15.2. The Morgan fingerprint density at radius 2 is 1.85 bits per heavy atom. The van der Waals surface area contributed by atoms with E-state index in [1.807, 2.05) is 30.3 Å². The molecular weight excluding hydrogens is 370 g/mol. The fraction of sp³-hybridized carbons (Fsp3) is 0.100. The number of hydrogen-bond acceptors (Lipinski definition) is 4. The number of aliphatic hydroxyl groups excluding tert-OH is 1. The summed E-state index contributed by atoms with van der Waals surface area (Å²) in [4.78, 5) is 12.4. The molecule has 132 valence electrons. The number of Topliss-reactive ketones (excluding diaryl/α,β-unsaturated/α-hetero) is 1. The molecule has 0 aliphatic heterocycles. The van der Waals surface area contributed by atoms with Crippen LogP contribution >= 0.6 is 23.8 Å². The van der Waals surface area contributed by atoms with E-state index in [-0.39, 0.29) is 17.7 Å². The predicted molar refractivity (Wildman–Crippen MR) is 104 cm³/mol. The number of phenols is 1. The first-order valence-electron chi connectivity index (χ1n) is 7.94. The summed E-state index contributed by atoms with van der Waals surface area (Å²) in [5.74, 6) is -0.600. The highest BCUT2D eigenvalue weighted by Crippen LogP contribution is 2.27. The number of benzene rings is 2. The van der Waals surface area contributed by atoms with Crippen molar-refractivity contribution in [2.75, 3.05) is 0 Å². The predicted octanol–water partition coefficient (Wildman–Crippen LogP) is 4.87. The lowest BCUT2D eigenvalue weighted by Gasteiger charge is -2.14. The van der Waals surface area contributed by atoms with Crippen LogP contribution < -0.4 is 0 Å². The Morgan fingerprint density at radius 1 is 1.12 bits per heavy atom. The maximum Gasteiger partial charge on any atom is 0.169 e. The number of aliphatic hydroxyl groups is 1. The van der Waals surface area contributed by atoms with Gasteiger partial charge in [0.25, 0.3) is 0 Å². The zero-order chi connectivity index (χ0) is 18.7. The van der Waals surface area contributed by atoms with Crippen LogP contribution in [0.4, 0.5) is 0 Å². The second-order valence-electron chi connectivity index (χ2n) is 5.78. The van der Waals surface area contributed by atoms with Crippen LogP contribution in [-0.2, 0) is 0 Å². The summed E-state index contributed by atoms with van der Waals surface area (Å²) in [6.07, 6.45) is 0.527. The van der Waals surface area contributed by atoms with Gasteiger partial charge in [0.15, 0.2) is 5.78 Å². The second-order valence-corrected chi connectivity index (χ2v) is 6.60. The summed E-state index contributed by atoms with van der Waals surface area (Å²) in [6.45, 7) is 0. The molecule has 2 aromatic carbocycles. The lowest BCUT2D eigenvalue weighted by atomic mass is 10.0. The van der Waals surface area contributed by atoms with Crippen LogP contribution in [0.15, 0.2) is 66.9 Å². The minimum Gasteiger partial charge on any atom is -0.507 e. The number of ketones is 1. The fourth-order valence-electron chi connectivity index (χ4n) is 2.69. The maximum absolute atomic E-state index is 12.4. The summed E-state index contributed by atoms with van der Waals surface area (Å²) in [5.41, 5.74) is 1.47. The number of halogens is 1. The highest BCUT2D eigenvalue weighted by atomic mass is 35.5. The van der Waals surface area contributed by atoms with Gasteiger partial charge in [-0.15, -0.1) is 0 Å². The molecule has 6 heteroatoms. The number of aromatic hydroxyl groups is 1. The molecule has 0 spiro atoms. The number of para-hydroxylation sites is 1. The molecule has 0 aliphatic carbocycles. The normalized spacial score (nSPS) is 11.9. The van der Waals surface area contributed by atoms with Gasteiger partial charge in [-0.1, -0.05) is 48.1 Å². The highest BCUT2D eigenvalue weighted by Gasteiger charge is 2.19. The van der Waals surface area contributed by atoms with Crippen LogP contribution in [0.3, 0.4) is 0 Å². The molecule has 0 bridgehead atoms. The van der Waals surface area contributed by atoms with E-state index in [0.29, 0.717) is 15.2 Å². The van der Waals surface area contributed by atoms with Gasteiger partial charge in [-0.2, -0.15) is 0 Å². The molecule has 0 radical (unpaired) electrons. The number of hydrogen-bond donors (Lipinski definition) is 2. The minimum absolute atomic E-state index is 0.117. The Labute approximate surface area is 160 Å². The Hall–Kier alpha value is -2.47. The average molecular weight is 386 g/mol. The molecule has 0 saturated heterocycles. The molecule has 0 saturated carbocycles. The second kappa shape index (κ2) is 7.83. The third-order valence-corrected chi connectivity index (χ3v) is 4.68. The van der Waals surface area contributed by atoms with E-state index in [2.05, 4.69) is 0 Å². The van der Waals surface area contributed by atoms with Crippen molar-refractivity contribution in [2.24, 2.45) is 0 Å². The molecule has 1 heterocycles. The molecule has 4 nitrogen and oxygen atoms in total. The standard InChI is InChI=1S/C20H16ClNO3S/c21-13-8-9-15(17(23)11-13)18(24)12-19(25)16-7-4-10-22(20(16)26)14-5-2-1-3-6-14/h1-11,19,23,25H,12H2. The summed E-state index contributed by atoms with van der Waals surface area (Å²) >= 11 is 11.3. The van der Waals surface area contributed by atoms with Gasteiger partial charge in [-0.3, -0.25) is 4.79 Å². The lowest BCUT2D eigenvalue weighted by molar-refractivity contribution is 0.0876. The first-order valence-corrected chi connectivity index (χ1v) is 8.73. The summed E-state index contributed by atoms with van der Waals surface area (Å²) in [5, 5.41) is 20.8. The largest absolute Gasteiger partial charge is 0.507 e. The Kier molecular flexibility index (Phi) is 5.52. The zero-order valence-electron chi connectivity index (χ0n) is 13.7. The quantitative estimate of drug-likeness (QED) is 0.485. The molecule has 26 heavy (non-hydrogen) atoms. The van der Waals surface area contributed by atoms with Crippen molar-refractivity contribution in [3.63, 3.8) is 0 Å². The number of carbonyl (C=O) groups excluding carboxylic acids is 1. The van der Waals surface area contributed by atoms with Gasteiger partial charge in [0.05, 0.1) is 11.7 Å². The van der Waals surface area contributed by atoms with E-state index >= 15 is 0 Å². The van der Waals surface area contributed by atoms with Gasteiger partial charge in [0, 0.05) is 28.9 Å². The molecule has 0 amide bonds. The van der Waals surface area contributed by atoms with E-state index < -0.39 is 11.9 Å². The number of pyridine rings is 1. The molecule has 3 rings (SSSR count). The molecule has 1 atom stereocenters. The minimum atomic E-state index is -1.08. The van der Waals surface area contributed by atoms with Crippen LogP contribution in [0.5, 0.6) is 5.75 Å². The molecule has 3 aromatic rings. The summed E-state index contributed by atoms with van der Waals surface area (Å²) in [6, 6.07) is 17.2. The van der Waals surface area contributed by atoms with Crippen molar-refractivity contribution in [1.82, 2.24) is 4.57 Å². The Balaban J connectivity index is 1.88. The molecule has 2 N–H and O–H groups in total. The topological polar surface area (TPSA) is 62.5 Å². The summed E-state index contributed by atoms with van der Waals surface area (Å²) < 4.78 is 2.21. The fourth-order valence-corrected chi connectivity index (χ4v) is 3.23. The van der Waals surface area contributed by atoms with E-state index in [0.717, 1.165) is 5.69 Å². The molecule has 1 aromatic heterocycles. The SMILES string of the molecule is O=C(CC(O)c1cccn(-c2ccccc2)c1=S)c1ccc(Cl)cc1O. The average Bonchev–Trinajstić information content (AvgIpc) is 2.62. The van der Waals surface area contributed by atoms with Crippen LogP contribution in [0, 0.1) is 4.64 Å². The van der Waals surface area contributed by atoms with Crippen molar-refractivity contribution >= 4 is 29.6 Å². The van der Waals surface area contributed by atoms with Crippen molar-refractivity contribution in [3.05, 3.63) is 87.7 Å². The van der Waals surface area contributed by atoms with Crippen LogP contribution in [0.1, 0.15) is 28.4 Å². The van der Waals surface area contributed by atoms with E-state index in [1.165, 1.54) is 18.2 Å². The number of carbonyl (C=O) groups is 1. The molecule has 0 aliphatic rings. The highest BCUT2D eigenvalue weighted by molar-refractivity contribution is 7.71. The van der Waals surface area contributed by atoms with Crippen LogP contribution in [0.25, 0.3) is 5.69 Å². The molecule has 0 fully saturated rings. The van der Waals surface area contributed by atoms with Crippen molar-refractivity contribution in [2.45, 2.75) is 12.5 Å². The van der Waals surface area contributed by atoms with Crippen molar-refractivity contribution < 1.29 is 15.0 Å². The number of nitrogens with zero attached hydrogens (tertiary/aromatic N) is 1. The molecule has 1 unspecified atom stereocenters. The van der Waals surface area contributed by atoms with Gasteiger partial charge in [-0.25, -0.2) is 0 Å². The van der Waals surface area contributed by atoms with Crippen LogP contribution in [-0.4, -0.2) is 20.6 Å². The van der Waals surface area contributed by atoms with Gasteiger partial charge in [0.2, 0.25) is 0 Å². The van der Waals surface area contributed by atoms with E-state index in [1.54, 1.807) is 22.9 Å². The van der Waals surface area contributed by atoms with Gasteiger partial charge in [-0.05, 0) is 36.4 Å². The molecular formula is C20H16ClNO3S. The summed E-state index contributed by atoms with van der Waals surface area (Å²) in [7, 11) is 0. The van der Waals surface area contributed by atoms with Gasteiger partial charge < -0.3 is 14.8 Å². The Morgan fingerprint density at radius 3 is 2.54 bits per heavy atom. The number of aromatic nitrogens is 1. The smallest absolute Gasteiger partial charge is 0.169 e.